The predicted octanol–water partition coefficient (Wildman–Crippen LogP) is 6.47. The molecule has 2 N–H and O–H groups in total. The number of nitrogens with one attached hydrogen (secondary N) is 1. The van der Waals surface area contributed by atoms with Crippen molar-refractivity contribution in [1.29, 1.82) is 0 Å². The molecule has 0 aliphatic carbocycles. The molecule has 1 amide bonds. The molecule has 5 nitrogen and oxygen atoms in total. The summed E-state index contributed by atoms with van der Waals surface area (Å²) in [6.07, 6.45) is 1.34. The van der Waals surface area contributed by atoms with Gasteiger partial charge in [-0.2, -0.15) is 0 Å². The lowest BCUT2D eigenvalue weighted by molar-refractivity contribution is -0.132. The summed E-state index contributed by atoms with van der Waals surface area (Å²) < 4.78 is 7.11. The van der Waals surface area contributed by atoms with Crippen molar-refractivity contribution >= 4 is 68.4 Å². The van der Waals surface area contributed by atoms with Crippen LogP contribution in [0.25, 0.3) is 6.08 Å². The van der Waals surface area contributed by atoms with Gasteiger partial charge in [0.25, 0.3) is 5.91 Å². The van der Waals surface area contributed by atoms with Crippen molar-refractivity contribution < 1.29 is 19.4 Å². The molecule has 0 aliphatic heterocycles. The van der Waals surface area contributed by atoms with Gasteiger partial charge in [-0.15, -0.1) is 11.3 Å². The maximum absolute atomic E-state index is 12.3. The van der Waals surface area contributed by atoms with Gasteiger partial charge in [0.2, 0.25) is 0 Å². The van der Waals surface area contributed by atoms with E-state index in [9.17, 15) is 14.7 Å². The lowest BCUT2D eigenvalue weighted by atomic mass is 10.1. The molecule has 0 spiro atoms. The molecule has 2 aromatic carbocycles. The zero-order chi connectivity index (χ0) is 21.0. The molecule has 9 heteroatoms. The number of aliphatic carboxylic acids is 1. The largest absolute Gasteiger partial charge is 0.477 e. The summed E-state index contributed by atoms with van der Waals surface area (Å²) in [5.41, 5.74) is 0.385. The van der Waals surface area contributed by atoms with Crippen molar-refractivity contribution in [3.8, 4) is 11.5 Å². The number of ether oxygens (including phenoxy) is 1. The lowest BCUT2D eigenvalue weighted by Crippen LogP contribution is -2.27. The second kappa shape index (κ2) is 9.45. The van der Waals surface area contributed by atoms with E-state index in [1.165, 1.54) is 12.1 Å². The first-order chi connectivity index (χ1) is 13.8. The highest BCUT2D eigenvalue weighted by molar-refractivity contribution is 9.10. The summed E-state index contributed by atoms with van der Waals surface area (Å²) in [5.74, 6) is -0.708. The predicted molar refractivity (Wildman–Crippen MR) is 118 cm³/mol. The van der Waals surface area contributed by atoms with Crippen LogP contribution in [-0.4, -0.2) is 17.0 Å². The Hall–Kier alpha value is -2.32. The molecule has 0 aliphatic rings. The molecule has 3 rings (SSSR count). The van der Waals surface area contributed by atoms with Crippen LogP contribution in [0.5, 0.6) is 11.5 Å². The van der Waals surface area contributed by atoms with Gasteiger partial charge >= 0.3 is 5.97 Å². The Morgan fingerprint density at radius 3 is 2.38 bits per heavy atom. The second-order valence-electron chi connectivity index (χ2n) is 5.66. The number of para-hydroxylation sites is 1. The Balaban J connectivity index is 1.77. The summed E-state index contributed by atoms with van der Waals surface area (Å²) >= 11 is 16.2. The van der Waals surface area contributed by atoms with E-state index >= 15 is 0 Å². The quantitative estimate of drug-likeness (QED) is 0.371. The van der Waals surface area contributed by atoms with Gasteiger partial charge in [0, 0.05) is 0 Å². The minimum Gasteiger partial charge on any atom is -0.477 e. The van der Waals surface area contributed by atoms with Gasteiger partial charge < -0.3 is 15.2 Å². The first kappa shape index (κ1) is 21.4. The summed E-state index contributed by atoms with van der Waals surface area (Å²) in [5, 5.41) is 11.8. The van der Waals surface area contributed by atoms with Crippen molar-refractivity contribution in [2.24, 2.45) is 0 Å². The van der Waals surface area contributed by atoms with Crippen LogP contribution in [0.3, 0.4) is 0 Å². The molecule has 0 atom stereocenters. The number of halogens is 3. The summed E-state index contributed by atoms with van der Waals surface area (Å²) in [4.78, 5) is 23.8. The molecule has 0 unspecified atom stereocenters. The van der Waals surface area contributed by atoms with Gasteiger partial charge in [-0.3, -0.25) is 4.79 Å². The Kier molecular flexibility index (Phi) is 6.97. The van der Waals surface area contributed by atoms with Crippen LogP contribution < -0.4 is 10.1 Å². The van der Waals surface area contributed by atoms with Crippen LogP contribution in [0, 0.1) is 0 Å². The number of amides is 1. The topological polar surface area (TPSA) is 75.6 Å². The average molecular weight is 513 g/mol. The molecular formula is C20H12BrCl2NO4S. The maximum Gasteiger partial charge on any atom is 0.352 e. The number of hydrogen-bond acceptors (Lipinski definition) is 4. The Bertz CT molecular complexity index is 1100. The zero-order valence-corrected chi connectivity index (χ0v) is 18.4. The standard InChI is InChI=1S/C20H12BrCl2NO4S/c21-14-3-1-2-4-16(14)28-12-7-5-11(6-8-12)9-15(20(26)27)24-19(25)13-10-17(22)29-18(13)23/h1-10H,(H,24,25)(H,26,27)/b15-9-. The van der Waals surface area contributed by atoms with Gasteiger partial charge in [0.1, 0.15) is 21.5 Å². The number of rotatable bonds is 6. The fourth-order valence-corrected chi connectivity index (χ4v) is 4.11. The van der Waals surface area contributed by atoms with Crippen LogP contribution in [0.2, 0.25) is 8.67 Å². The van der Waals surface area contributed by atoms with E-state index in [4.69, 9.17) is 27.9 Å². The van der Waals surface area contributed by atoms with Gasteiger partial charge in [0.05, 0.1) is 14.4 Å². The van der Waals surface area contributed by atoms with E-state index in [2.05, 4.69) is 21.2 Å². The minimum atomic E-state index is -1.29. The SMILES string of the molecule is O=C(O)/C(=C/c1ccc(Oc2ccccc2Br)cc1)NC(=O)c1cc(Cl)sc1Cl. The molecule has 1 aromatic heterocycles. The smallest absolute Gasteiger partial charge is 0.352 e. The molecule has 0 bridgehead atoms. The fourth-order valence-electron chi connectivity index (χ4n) is 2.29. The highest BCUT2D eigenvalue weighted by Crippen LogP contribution is 2.31. The van der Waals surface area contributed by atoms with Crippen LogP contribution >= 0.6 is 50.5 Å². The molecule has 0 saturated carbocycles. The zero-order valence-electron chi connectivity index (χ0n) is 14.5. The third-order valence-corrected chi connectivity index (χ3v) is 5.78. The number of thiophene rings is 1. The van der Waals surface area contributed by atoms with Crippen molar-refractivity contribution in [2.75, 3.05) is 0 Å². The maximum atomic E-state index is 12.3. The molecular weight excluding hydrogens is 501 g/mol. The molecule has 29 heavy (non-hydrogen) atoms. The first-order valence-corrected chi connectivity index (χ1v) is 10.4. The van der Waals surface area contributed by atoms with Gasteiger partial charge in [-0.1, -0.05) is 47.5 Å². The summed E-state index contributed by atoms with van der Waals surface area (Å²) in [6.45, 7) is 0. The highest BCUT2D eigenvalue weighted by Gasteiger charge is 2.18. The first-order valence-electron chi connectivity index (χ1n) is 8.07. The molecule has 0 saturated heterocycles. The molecule has 3 aromatic rings. The van der Waals surface area contributed by atoms with E-state index in [1.54, 1.807) is 24.3 Å². The third kappa shape index (κ3) is 5.61. The van der Waals surface area contributed by atoms with E-state index < -0.39 is 11.9 Å². The molecule has 0 fully saturated rings. The number of benzene rings is 2. The number of hydrogen-bond donors (Lipinski definition) is 2. The van der Waals surface area contributed by atoms with E-state index in [0.29, 0.717) is 21.4 Å². The van der Waals surface area contributed by atoms with Crippen molar-refractivity contribution in [3.63, 3.8) is 0 Å². The normalized spacial score (nSPS) is 11.2. The van der Waals surface area contributed by atoms with Crippen LogP contribution in [0.1, 0.15) is 15.9 Å². The van der Waals surface area contributed by atoms with Crippen LogP contribution in [0.15, 0.2) is 64.8 Å². The summed E-state index contributed by atoms with van der Waals surface area (Å²) in [6, 6.07) is 15.5. The third-order valence-electron chi connectivity index (χ3n) is 3.64. The van der Waals surface area contributed by atoms with Gasteiger partial charge in [0.15, 0.2) is 0 Å². The highest BCUT2D eigenvalue weighted by atomic mass is 79.9. The van der Waals surface area contributed by atoms with Gasteiger partial charge in [-0.25, -0.2) is 4.79 Å². The number of carboxylic acid groups (broad SMARTS) is 1. The lowest BCUT2D eigenvalue weighted by Gasteiger charge is -2.08. The van der Waals surface area contributed by atoms with E-state index in [-0.39, 0.29) is 15.6 Å². The summed E-state index contributed by atoms with van der Waals surface area (Å²) in [7, 11) is 0. The van der Waals surface area contributed by atoms with Crippen LogP contribution in [-0.2, 0) is 4.79 Å². The van der Waals surface area contributed by atoms with Crippen molar-refractivity contribution in [1.82, 2.24) is 5.32 Å². The molecule has 148 valence electrons. The van der Waals surface area contributed by atoms with Gasteiger partial charge in [-0.05, 0) is 57.9 Å². The fraction of sp³-hybridized carbons (Fsp3) is 0. The number of carbonyl (C=O) groups excluding carboxylic acids is 1. The number of carbonyl (C=O) groups is 2. The van der Waals surface area contributed by atoms with Crippen LogP contribution in [0.4, 0.5) is 0 Å². The Labute approximate surface area is 188 Å². The number of carboxylic acids is 1. The molecule has 0 radical (unpaired) electrons. The second-order valence-corrected chi connectivity index (χ2v) is 8.80. The molecule has 1 heterocycles. The van der Waals surface area contributed by atoms with Crippen molar-refractivity contribution in [2.45, 2.75) is 0 Å². The Morgan fingerprint density at radius 1 is 1.10 bits per heavy atom. The van der Waals surface area contributed by atoms with E-state index in [0.717, 1.165) is 15.8 Å². The minimum absolute atomic E-state index is 0.117. The van der Waals surface area contributed by atoms with E-state index in [1.807, 2.05) is 24.3 Å². The average Bonchev–Trinajstić information content (AvgIpc) is 3.02. The Morgan fingerprint density at radius 2 is 1.79 bits per heavy atom. The van der Waals surface area contributed by atoms with Crippen molar-refractivity contribution in [3.05, 3.63) is 84.6 Å². The monoisotopic (exact) mass is 511 g/mol.